The fourth-order valence-corrected chi connectivity index (χ4v) is 2.37. The van der Waals surface area contributed by atoms with Crippen LogP contribution >= 0.6 is 23.2 Å². The van der Waals surface area contributed by atoms with Gasteiger partial charge in [-0.05, 0) is 24.2 Å². The molecule has 1 saturated carbocycles. The molecule has 0 amide bonds. The monoisotopic (exact) mass is 208 g/mol. The van der Waals surface area contributed by atoms with Crippen LogP contribution in [-0.4, -0.2) is 11.2 Å². The molecule has 1 N–H and O–H groups in total. The Kier molecular flexibility index (Phi) is 2.77. The molecule has 0 aliphatic heterocycles. The van der Waals surface area contributed by atoms with Crippen LogP contribution in [0, 0.1) is 17.3 Å². The van der Waals surface area contributed by atoms with Crippen LogP contribution in [0.15, 0.2) is 10.6 Å². The van der Waals surface area contributed by atoms with E-state index in [0.29, 0.717) is 16.3 Å². The van der Waals surface area contributed by atoms with Crippen molar-refractivity contribution in [1.82, 2.24) is 0 Å². The van der Waals surface area contributed by atoms with Gasteiger partial charge in [-0.25, -0.2) is 0 Å². The van der Waals surface area contributed by atoms with Gasteiger partial charge in [0.05, 0.1) is 6.10 Å². The van der Waals surface area contributed by atoms with E-state index < -0.39 is 0 Å². The van der Waals surface area contributed by atoms with E-state index in [1.807, 2.05) is 13.0 Å². The van der Waals surface area contributed by atoms with Crippen molar-refractivity contribution in [1.29, 1.82) is 0 Å². The molecular formula is C9H14Cl2O. The largest absolute Gasteiger partial charge is 0.393 e. The summed E-state index contributed by atoms with van der Waals surface area (Å²) in [5.74, 6) is 0.618. The van der Waals surface area contributed by atoms with Crippen molar-refractivity contribution < 1.29 is 5.11 Å². The van der Waals surface area contributed by atoms with E-state index in [-0.39, 0.29) is 11.5 Å². The fourth-order valence-electron chi connectivity index (χ4n) is 2.09. The summed E-state index contributed by atoms with van der Waals surface area (Å²) in [4.78, 5) is 0. The zero-order valence-electron chi connectivity index (χ0n) is 7.51. The highest BCUT2D eigenvalue weighted by molar-refractivity contribution is 6.55. The van der Waals surface area contributed by atoms with Gasteiger partial charge >= 0.3 is 0 Å². The molecule has 0 aromatic heterocycles. The summed E-state index contributed by atoms with van der Waals surface area (Å²) in [7, 11) is 0. The molecule has 1 rings (SSSR count). The summed E-state index contributed by atoms with van der Waals surface area (Å²) < 4.78 is 0.302. The van der Waals surface area contributed by atoms with E-state index in [2.05, 4.69) is 13.8 Å². The summed E-state index contributed by atoms with van der Waals surface area (Å²) in [5, 5.41) is 9.40. The molecule has 1 aliphatic carbocycles. The van der Waals surface area contributed by atoms with E-state index in [4.69, 9.17) is 23.2 Å². The van der Waals surface area contributed by atoms with Crippen LogP contribution in [0.2, 0.25) is 0 Å². The second-order valence-corrected chi connectivity index (χ2v) is 5.08. The maximum Gasteiger partial charge on any atom is 0.103 e. The van der Waals surface area contributed by atoms with Crippen molar-refractivity contribution in [2.75, 3.05) is 0 Å². The minimum absolute atomic E-state index is 0.142. The Bertz CT molecular complexity index is 205. The quantitative estimate of drug-likeness (QED) is 0.741. The van der Waals surface area contributed by atoms with Crippen molar-refractivity contribution in [2.24, 2.45) is 17.3 Å². The smallest absolute Gasteiger partial charge is 0.103 e. The highest BCUT2D eigenvalue weighted by atomic mass is 35.5. The lowest BCUT2D eigenvalue weighted by atomic mass is 10.1. The fraction of sp³-hybridized carbons (Fsp3) is 0.778. The average molecular weight is 209 g/mol. The highest BCUT2D eigenvalue weighted by Gasteiger charge is 2.58. The molecule has 70 valence electrons. The zero-order chi connectivity index (χ0) is 9.52. The molecule has 0 saturated heterocycles. The van der Waals surface area contributed by atoms with Crippen LogP contribution in [0.25, 0.3) is 0 Å². The standard InChI is InChI=1S/C9H14Cl2O/c1-5(12)8-6(4-7(10)11)9(8,2)3/h4-6,8,12H,1-3H3/t5?,6-,8-/m0/s1. The van der Waals surface area contributed by atoms with Crippen molar-refractivity contribution in [3.63, 3.8) is 0 Å². The lowest BCUT2D eigenvalue weighted by Gasteiger charge is -2.03. The predicted molar refractivity (Wildman–Crippen MR) is 52.2 cm³/mol. The molecule has 0 aromatic carbocycles. The number of aliphatic hydroxyl groups excluding tert-OH is 1. The van der Waals surface area contributed by atoms with Gasteiger partial charge < -0.3 is 5.11 Å². The molecule has 3 heteroatoms. The number of hydrogen-bond acceptors (Lipinski definition) is 1. The molecule has 0 spiro atoms. The Morgan fingerprint density at radius 2 is 2.00 bits per heavy atom. The topological polar surface area (TPSA) is 20.2 Å². The maximum atomic E-state index is 9.40. The molecule has 12 heavy (non-hydrogen) atoms. The van der Waals surface area contributed by atoms with Gasteiger partial charge in [-0.2, -0.15) is 0 Å². The number of aliphatic hydroxyl groups is 1. The molecule has 3 atom stereocenters. The number of hydrogen-bond donors (Lipinski definition) is 1. The first-order valence-electron chi connectivity index (χ1n) is 4.08. The van der Waals surface area contributed by atoms with Crippen molar-refractivity contribution >= 4 is 23.2 Å². The highest BCUT2D eigenvalue weighted by Crippen LogP contribution is 2.61. The van der Waals surface area contributed by atoms with Gasteiger partial charge in [0.25, 0.3) is 0 Å². The van der Waals surface area contributed by atoms with Gasteiger partial charge in [0.15, 0.2) is 0 Å². The third-order valence-electron chi connectivity index (χ3n) is 2.82. The van der Waals surface area contributed by atoms with Crippen LogP contribution in [0.5, 0.6) is 0 Å². The van der Waals surface area contributed by atoms with Gasteiger partial charge in [0, 0.05) is 0 Å². The van der Waals surface area contributed by atoms with Crippen molar-refractivity contribution in [3.05, 3.63) is 10.6 Å². The summed E-state index contributed by atoms with van der Waals surface area (Å²) in [6, 6.07) is 0. The Morgan fingerprint density at radius 1 is 1.50 bits per heavy atom. The predicted octanol–water partition coefficient (Wildman–Crippen LogP) is 2.96. The van der Waals surface area contributed by atoms with Gasteiger partial charge in [-0.15, -0.1) is 0 Å². The molecule has 1 aliphatic rings. The summed E-state index contributed by atoms with van der Waals surface area (Å²) in [6.07, 6.45) is 1.54. The Labute approximate surface area is 83.4 Å². The van der Waals surface area contributed by atoms with Crippen LogP contribution in [0.1, 0.15) is 20.8 Å². The molecule has 1 nitrogen and oxygen atoms in total. The molecule has 0 radical (unpaired) electrons. The van der Waals surface area contributed by atoms with Crippen LogP contribution < -0.4 is 0 Å². The normalized spacial score (nSPS) is 34.2. The maximum absolute atomic E-state index is 9.40. The molecule has 0 aromatic rings. The van der Waals surface area contributed by atoms with E-state index >= 15 is 0 Å². The van der Waals surface area contributed by atoms with Gasteiger partial charge in [-0.3, -0.25) is 0 Å². The van der Waals surface area contributed by atoms with E-state index in [1.54, 1.807) is 0 Å². The number of allylic oxidation sites excluding steroid dienone is 1. The summed E-state index contributed by atoms with van der Waals surface area (Å²) in [6.45, 7) is 6.03. The first-order chi connectivity index (χ1) is 5.37. The van der Waals surface area contributed by atoms with E-state index in [0.717, 1.165) is 0 Å². The van der Waals surface area contributed by atoms with E-state index in [9.17, 15) is 5.11 Å². The number of rotatable bonds is 2. The zero-order valence-corrected chi connectivity index (χ0v) is 9.02. The van der Waals surface area contributed by atoms with E-state index in [1.165, 1.54) is 0 Å². The third-order valence-corrected chi connectivity index (χ3v) is 3.07. The first-order valence-corrected chi connectivity index (χ1v) is 4.84. The number of halogens is 2. The van der Waals surface area contributed by atoms with Crippen LogP contribution in [0.4, 0.5) is 0 Å². The molecule has 1 fully saturated rings. The summed E-state index contributed by atoms with van der Waals surface area (Å²) >= 11 is 11.1. The van der Waals surface area contributed by atoms with Gasteiger partial charge in [-0.1, -0.05) is 43.1 Å². The van der Waals surface area contributed by atoms with Gasteiger partial charge in [0.2, 0.25) is 0 Å². The second-order valence-electron chi connectivity index (χ2n) is 4.07. The Balaban J connectivity index is 2.67. The third kappa shape index (κ3) is 1.78. The minimum Gasteiger partial charge on any atom is -0.393 e. The van der Waals surface area contributed by atoms with Crippen LogP contribution in [0.3, 0.4) is 0 Å². The Morgan fingerprint density at radius 3 is 2.25 bits per heavy atom. The second kappa shape index (κ2) is 3.21. The summed E-state index contributed by atoms with van der Waals surface area (Å²) in [5.41, 5.74) is 0.142. The lowest BCUT2D eigenvalue weighted by molar-refractivity contribution is 0.154. The minimum atomic E-state index is -0.283. The molecular weight excluding hydrogens is 195 g/mol. The lowest BCUT2D eigenvalue weighted by Crippen LogP contribution is -2.07. The molecule has 0 bridgehead atoms. The first kappa shape index (κ1) is 10.4. The van der Waals surface area contributed by atoms with Gasteiger partial charge in [0.1, 0.15) is 4.49 Å². The molecule has 1 unspecified atom stereocenters. The average Bonchev–Trinajstić information content (AvgIpc) is 2.32. The van der Waals surface area contributed by atoms with Crippen molar-refractivity contribution in [2.45, 2.75) is 26.9 Å². The molecule has 0 heterocycles. The SMILES string of the molecule is CC(O)[C@H]1[C@H](C=C(Cl)Cl)C1(C)C. The van der Waals surface area contributed by atoms with Crippen molar-refractivity contribution in [3.8, 4) is 0 Å². The van der Waals surface area contributed by atoms with Crippen LogP contribution in [-0.2, 0) is 0 Å². The Hall–Kier alpha value is 0.280.